The van der Waals surface area contributed by atoms with E-state index in [-0.39, 0.29) is 22.4 Å². The Balaban J connectivity index is 2.15. The lowest BCUT2D eigenvalue weighted by atomic mass is 10.3. The minimum Gasteiger partial charge on any atom is -0.476 e. The number of carboxylic acids is 1. The fourth-order valence-electron chi connectivity index (χ4n) is 1.38. The van der Waals surface area contributed by atoms with Gasteiger partial charge in [-0.1, -0.05) is 5.16 Å². The number of aromatic nitrogens is 1. The van der Waals surface area contributed by atoms with Crippen LogP contribution in [0.15, 0.2) is 10.5 Å². The van der Waals surface area contributed by atoms with Gasteiger partial charge in [0.1, 0.15) is 5.69 Å². The first-order valence-electron chi connectivity index (χ1n) is 5.04. The van der Waals surface area contributed by atoms with E-state index in [4.69, 9.17) is 15.7 Å². The van der Waals surface area contributed by atoms with E-state index in [1.165, 1.54) is 5.38 Å². The van der Waals surface area contributed by atoms with Gasteiger partial charge in [-0.3, -0.25) is 4.79 Å². The molecule has 1 atom stereocenters. The first-order chi connectivity index (χ1) is 8.58. The fourth-order valence-corrected chi connectivity index (χ4v) is 1.93. The third-order valence-electron chi connectivity index (χ3n) is 2.24. The molecule has 1 fully saturated rings. The molecule has 0 aliphatic carbocycles. The highest BCUT2D eigenvalue weighted by atomic mass is 32.1. The van der Waals surface area contributed by atoms with Gasteiger partial charge >= 0.3 is 5.97 Å². The molecule has 18 heavy (non-hydrogen) atoms. The largest absolute Gasteiger partial charge is 0.476 e. The molecule has 96 valence electrons. The predicted molar refractivity (Wildman–Crippen MR) is 63.2 cm³/mol. The number of aliphatic carboxylic acids is 1. The van der Waals surface area contributed by atoms with Crippen LogP contribution in [0.3, 0.4) is 0 Å². The van der Waals surface area contributed by atoms with Crippen molar-refractivity contribution in [3.8, 4) is 0 Å². The molecule has 1 saturated heterocycles. The number of anilines is 1. The van der Waals surface area contributed by atoms with Gasteiger partial charge in [0.2, 0.25) is 11.8 Å². The number of carbonyl (C=O) groups is 2. The maximum absolute atomic E-state index is 11.2. The van der Waals surface area contributed by atoms with Crippen molar-refractivity contribution in [3.05, 3.63) is 11.1 Å². The summed E-state index contributed by atoms with van der Waals surface area (Å²) in [4.78, 5) is 30.9. The lowest BCUT2D eigenvalue weighted by Gasteiger charge is -2.04. The molecule has 0 aromatic carbocycles. The van der Waals surface area contributed by atoms with Crippen LogP contribution in [-0.4, -0.2) is 40.3 Å². The summed E-state index contributed by atoms with van der Waals surface area (Å²) in [6.45, 7) is 0.491. The first-order valence-corrected chi connectivity index (χ1v) is 5.92. The Bertz CT molecular complexity index is 512. The molecule has 9 heteroatoms. The Hall–Kier alpha value is -2.16. The van der Waals surface area contributed by atoms with Crippen LogP contribution in [0.2, 0.25) is 0 Å². The lowest BCUT2D eigenvalue weighted by molar-refractivity contribution is -0.131. The summed E-state index contributed by atoms with van der Waals surface area (Å²) in [7, 11) is 0. The van der Waals surface area contributed by atoms with Gasteiger partial charge in [-0.05, 0) is 0 Å². The maximum atomic E-state index is 11.2. The van der Waals surface area contributed by atoms with Gasteiger partial charge in [0.05, 0.1) is 0 Å². The zero-order valence-electron chi connectivity index (χ0n) is 9.12. The van der Waals surface area contributed by atoms with Crippen LogP contribution in [0.1, 0.15) is 12.1 Å². The smallest absolute Gasteiger partial charge is 0.360 e. The summed E-state index contributed by atoms with van der Waals surface area (Å²) >= 11 is 1.10. The summed E-state index contributed by atoms with van der Waals surface area (Å²) in [5.74, 6) is -1.60. The molecule has 0 spiro atoms. The van der Waals surface area contributed by atoms with Crippen molar-refractivity contribution in [1.82, 2.24) is 10.3 Å². The number of carbonyl (C=O) groups excluding carboxylic acids is 1. The highest BCUT2D eigenvalue weighted by Crippen LogP contribution is 2.13. The quantitative estimate of drug-likeness (QED) is 0.496. The van der Waals surface area contributed by atoms with E-state index in [0.29, 0.717) is 13.0 Å². The van der Waals surface area contributed by atoms with Gasteiger partial charge in [0, 0.05) is 18.3 Å². The second-order valence-corrected chi connectivity index (χ2v) is 4.38. The van der Waals surface area contributed by atoms with Crippen molar-refractivity contribution < 1.29 is 19.5 Å². The number of carboxylic acid groups (broad SMARTS) is 1. The molecule has 2 rings (SSSR count). The molecule has 1 aromatic heterocycles. The molecular formula is C9H10N4O4S. The fraction of sp³-hybridized carbons (Fsp3) is 0.333. The van der Waals surface area contributed by atoms with Crippen LogP contribution < -0.4 is 11.1 Å². The van der Waals surface area contributed by atoms with Crippen LogP contribution in [0.25, 0.3) is 0 Å². The van der Waals surface area contributed by atoms with E-state index < -0.39 is 12.1 Å². The highest BCUT2D eigenvalue weighted by Gasteiger charge is 2.27. The molecule has 1 aliphatic rings. The molecule has 2 heterocycles. The van der Waals surface area contributed by atoms with Crippen LogP contribution in [0, 0.1) is 0 Å². The third kappa shape index (κ3) is 2.56. The van der Waals surface area contributed by atoms with E-state index in [0.717, 1.165) is 11.3 Å². The number of nitrogen functional groups attached to an aromatic ring is 1. The SMILES string of the molecule is Nc1nc(/C(=N/O[C@@H]2CCNC2=O)C(=O)O)cs1. The summed E-state index contributed by atoms with van der Waals surface area (Å²) < 4.78 is 0. The Labute approximate surface area is 105 Å². The van der Waals surface area contributed by atoms with E-state index in [2.05, 4.69) is 15.5 Å². The van der Waals surface area contributed by atoms with Crippen LogP contribution >= 0.6 is 11.3 Å². The molecule has 4 N–H and O–H groups in total. The molecule has 0 bridgehead atoms. The number of nitrogens with one attached hydrogen (secondary N) is 1. The highest BCUT2D eigenvalue weighted by molar-refractivity contribution is 7.13. The molecule has 1 amide bonds. The molecule has 1 aromatic rings. The number of nitrogens with two attached hydrogens (primary N) is 1. The molecule has 0 unspecified atom stereocenters. The van der Waals surface area contributed by atoms with Crippen molar-refractivity contribution in [2.75, 3.05) is 12.3 Å². The van der Waals surface area contributed by atoms with Crippen LogP contribution in [-0.2, 0) is 14.4 Å². The number of thiazole rings is 1. The second kappa shape index (κ2) is 5.00. The van der Waals surface area contributed by atoms with Crippen LogP contribution in [0.4, 0.5) is 5.13 Å². The number of hydrogen-bond acceptors (Lipinski definition) is 7. The minimum atomic E-state index is -1.29. The summed E-state index contributed by atoms with van der Waals surface area (Å²) in [6, 6.07) is 0. The maximum Gasteiger partial charge on any atom is 0.360 e. The number of nitrogens with zero attached hydrogens (tertiary/aromatic N) is 2. The monoisotopic (exact) mass is 270 g/mol. The zero-order valence-corrected chi connectivity index (χ0v) is 9.94. The van der Waals surface area contributed by atoms with E-state index in [1.807, 2.05) is 0 Å². The summed E-state index contributed by atoms with van der Waals surface area (Å²) in [6.07, 6.45) is -0.302. The Morgan fingerprint density at radius 1 is 1.72 bits per heavy atom. The molecule has 0 radical (unpaired) electrons. The van der Waals surface area contributed by atoms with E-state index in [9.17, 15) is 9.59 Å². The molecule has 1 aliphatic heterocycles. The summed E-state index contributed by atoms with van der Waals surface area (Å²) in [5, 5.41) is 16.7. The Morgan fingerprint density at radius 2 is 2.50 bits per heavy atom. The minimum absolute atomic E-state index is 0.114. The first kappa shape index (κ1) is 12.3. The standard InChI is InChI=1S/C9H10N4O4S/c10-9-12-4(3-18-9)6(8(15)16)13-17-5-1-2-11-7(5)14/h3,5H,1-2H2,(H2,10,12)(H,11,14)(H,15,16)/b13-6-/t5-/m1/s1. The molecule has 0 saturated carbocycles. The van der Waals surface area contributed by atoms with Gasteiger partial charge in [-0.25, -0.2) is 9.78 Å². The number of rotatable bonds is 4. The third-order valence-corrected chi connectivity index (χ3v) is 2.91. The predicted octanol–water partition coefficient (Wildman–Crippen LogP) is -0.581. The summed E-state index contributed by atoms with van der Waals surface area (Å²) in [5.41, 5.74) is 5.15. The van der Waals surface area contributed by atoms with Crippen molar-refractivity contribution >= 4 is 34.1 Å². The molecular weight excluding hydrogens is 260 g/mol. The van der Waals surface area contributed by atoms with E-state index >= 15 is 0 Å². The van der Waals surface area contributed by atoms with Crippen molar-refractivity contribution in [3.63, 3.8) is 0 Å². The zero-order chi connectivity index (χ0) is 13.1. The van der Waals surface area contributed by atoms with Crippen LogP contribution in [0.5, 0.6) is 0 Å². The molecule has 8 nitrogen and oxygen atoms in total. The Morgan fingerprint density at radius 3 is 3.00 bits per heavy atom. The number of hydrogen-bond donors (Lipinski definition) is 3. The lowest BCUT2D eigenvalue weighted by Crippen LogP contribution is -2.25. The topological polar surface area (TPSA) is 127 Å². The van der Waals surface area contributed by atoms with E-state index in [1.54, 1.807) is 0 Å². The average molecular weight is 270 g/mol. The van der Waals surface area contributed by atoms with Gasteiger partial charge in [0.15, 0.2) is 5.13 Å². The Kier molecular flexibility index (Phi) is 3.42. The van der Waals surface area contributed by atoms with Crippen molar-refractivity contribution in [2.45, 2.75) is 12.5 Å². The second-order valence-electron chi connectivity index (χ2n) is 3.49. The van der Waals surface area contributed by atoms with Gasteiger partial charge in [-0.2, -0.15) is 0 Å². The van der Waals surface area contributed by atoms with Gasteiger partial charge < -0.3 is 21.0 Å². The van der Waals surface area contributed by atoms with Crippen molar-refractivity contribution in [1.29, 1.82) is 0 Å². The normalized spacial score (nSPS) is 19.7. The van der Waals surface area contributed by atoms with Crippen molar-refractivity contribution in [2.24, 2.45) is 5.16 Å². The van der Waals surface area contributed by atoms with Gasteiger partial charge in [-0.15, -0.1) is 11.3 Å². The number of oxime groups is 1. The van der Waals surface area contributed by atoms with Gasteiger partial charge in [0.25, 0.3) is 5.91 Å². The average Bonchev–Trinajstić information content (AvgIpc) is 2.89. The number of amides is 1.